The van der Waals surface area contributed by atoms with E-state index in [9.17, 15) is 4.79 Å². The molecule has 2 N–H and O–H groups in total. The molecule has 0 aliphatic heterocycles. The zero-order valence-corrected chi connectivity index (χ0v) is 9.60. The van der Waals surface area contributed by atoms with Gasteiger partial charge in [0.05, 0.1) is 5.92 Å². The molecule has 86 valence electrons. The Labute approximate surface area is 95.5 Å². The number of anilines is 1. The first-order valence-corrected chi connectivity index (χ1v) is 5.68. The third-order valence-corrected chi connectivity index (χ3v) is 3.03. The third kappa shape index (κ3) is 2.18. The second-order valence-electron chi connectivity index (χ2n) is 4.67. The van der Waals surface area contributed by atoms with E-state index in [0.29, 0.717) is 5.92 Å². The number of carboxylic acids is 1. The molecule has 0 heterocycles. The van der Waals surface area contributed by atoms with E-state index in [1.165, 1.54) is 5.56 Å². The van der Waals surface area contributed by atoms with Crippen molar-refractivity contribution >= 4 is 11.7 Å². The van der Waals surface area contributed by atoms with Crippen LogP contribution in [0.25, 0.3) is 0 Å². The molecule has 2 rings (SSSR count). The number of hydrogen-bond donors (Lipinski definition) is 2. The number of para-hydroxylation sites is 1. The van der Waals surface area contributed by atoms with Crippen LogP contribution in [0.15, 0.2) is 24.3 Å². The molecule has 1 aromatic rings. The van der Waals surface area contributed by atoms with Crippen LogP contribution < -0.4 is 5.32 Å². The molecule has 0 aromatic heterocycles. The maximum atomic E-state index is 10.7. The van der Waals surface area contributed by atoms with Gasteiger partial charge in [-0.15, -0.1) is 0 Å². The maximum Gasteiger partial charge on any atom is 0.308 e. The normalized spacial score (nSPS) is 23.2. The minimum absolute atomic E-state index is 0.109. The summed E-state index contributed by atoms with van der Waals surface area (Å²) in [5.41, 5.74) is 2.32. The van der Waals surface area contributed by atoms with Gasteiger partial charge in [-0.25, -0.2) is 0 Å². The van der Waals surface area contributed by atoms with Crippen LogP contribution in [0.1, 0.15) is 31.7 Å². The van der Waals surface area contributed by atoms with E-state index in [-0.39, 0.29) is 12.0 Å². The van der Waals surface area contributed by atoms with Crippen LogP contribution in [-0.2, 0) is 4.79 Å². The van der Waals surface area contributed by atoms with Crippen molar-refractivity contribution in [2.45, 2.75) is 32.2 Å². The molecule has 2 unspecified atom stereocenters. The fourth-order valence-corrected chi connectivity index (χ4v) is 1.96. The number of carboxylic acid groups (broad SMARTS) is 1. The highest BCUT2D eigenvalue weighted by atomic mass is 16.4. The van der Waals surface area contributed by atoms with Crippen molar-refractivity contribution in [3.63, 3.8) is 0 Å². The van der Waals surface area contributed by atoms with E-state index < -0.39 is 5.97 Å². The molecule has 16 heavy (non-hydrogen) atoms. The van der Waals surface area contributed by atoms with Crippen LogP contribution in [0, 0.1) is 5.92 Å². The molecule has 0 bridgehead atoms. The molecule has 1 fully saturated rings. The molecule has 1 aromatic carbocycles. The van der Waals surface area contributed by atoms with Gasteiger partial charge in [-0.1, -0.05) is 32.0 Å². The third-order valence-electron chi connectivity index (χ3n) is 3.03. The van der Waals surface area contributed by atoms with E-state index >= 15 is 0 Å². The topological polar surface area (TPSA) is 49.3 Å². The fourth-order valence-electron chi connectivity index (χ4n) is 1.96. The van der Waals surface area contributed by atoms with Crippen LogP contribution in [0.2, 0.25) is 0 Å². The fraction of sp³-hybridized carbons (Fsp3) is 0.462. The second-order valence-corrected chi connectivity index (χ2v) is 4.67. The summed E-state index contributed by atoms with van der Waals surface area (Å²) in [6, 6.07) is 8.21. The molecule has 3 heteroatoms. The molecule has 0 spiro atoms. The maximum absolute atomic E-state index is 10.7. The number of carbonyl (C=O) groups is 1. The minimum Gasteiger partial charge on any atom is -0.481 e. The van der Waals surface area contributed by atoms with Gasteiger partial charge in [0.25, 0.3) is 0 Å². The number of rotatable bonds is 4. The summed E-state index contributed by atoms with van der Waals surface area (Å²) in [5.74, 6) is -0.453. The number of benzene rings is 1. The van der Waals surface area contributed by atoms with Crippen molar-refractivity contribution in [3.05, 3.63) is 29.8 Å². The van der Waals surface area contributed by atoms with Crippen molar-refractivity contribution < 1.29 is 9.90 Å². The first-order chi connectivity index (χ1) is 7.59. The van der Waals surface area contributed by atoms with Crippen LogP contribution in [0.5, 0.6) is 0 Å². The highest BCUT2D eigenvalue weighted by molar-refractivity contribution is 5.76. The van der Waals surface area contributed by atoms with Gasteiger partial charge in [0.1, 0.15) is 0 Å². The summed E-state index contributed by atoms with van der Waals surface area (Å²) in [6.07, 6.45) is 0.738. The predicted molar refractivity (Wildman–Crippen MR) is 63.7 cm³/mol. The van der Waals surface area contributed by atoms with Gasteiger partial charge >= 0.3 is 5.97 Å². The van der Waals surface area contributed by atoms with E-state index in [1.807, 2.05) is 18.2 Å². The summed E-state index contributed by atoms with van der Waals surface area (Å²) in [5, 5.41) is 12.2. The molecule has 3 nitrogen and oxygen atoms in total. The minimum atomic E-state index is -0.695. The molecule has 0 radical (unpaired) electrons. The highest BCUT2D eigenvalue weighted by Crippen LogP contribution is 2.35. The molecule has 1 saturated carbocycles. The van der Waals surface area contributed by atoms with Gasteiger partial charge in [-0.2, -0.15) is 0 Å². The second kappa shape index (κ2) is 4.16. The first kappa shape index (κ1) is 11.0. The van der Waals surface area contributed by atoms with Gasteiger partial charge in [0, 0.05) is 11.7 Å². The van der Waals surface area contributed by atoms with Gasteiger partial charge in [0.2, 0.25) is 0 Å². The lowest BCUT2D eigenvalue weighted by Gasteiger charge is -2.14. The summed E-state index contributed by atoms with van der Waals surface area (Å²) in [6.45, 7) is 4.28. The molecular weight excluding hydrogens is 202 g/mol. The summed E-state index contributed by atoms with van der Waals surface area (Å²) in [7, 11) is 0. The lowest BCUT2D eigenvalue weighted by molar-refractivity contribution is -0.138. The Hall–Kier alpha value is -1.51. The van der Waals surface area contributed by atoms with Crippen molar-refractivity contribution in [3.8, 4) is 0 Å². The highest BCUT2D eigenvalue weighted by Gasteiger charge is 2.43. The zero-order chi connectivity index (χ0) is 11.7. The molecule has 1 aliphatic carbocycles. The van der Waals surface area contributed by atoms with Crippen LogP contribution in [-0.4, -0.2) is 17.1 Å². The Morgan fingerprint density at radius 1 is 1.44 bits per heavy atom. The first-order valence-electron chi connectivity index (χ1n) is 5.68. The Kier molecular flexibility index (Phi) is 2.86. The van der Waals surface area contributed by atoms with Gasteiger partial charge in [-0.3, -0.25) is 4.79 Å². The molecule has 0 amide bonds. The molecule has 0 saturated heterocycles. The largest absolute Gasteiger partial charge is 0.481 e. The Morgan fingerprint density at radius 2 is 2.12 bits per heavy atom. The average Bonchev–Trinajstić information content (AvgIpc) is 2.98. The summed E-state index contributed by atoms with van der Waals surface area (Å²) in [4.78, 5) is 10.7. The van der Waals surface area contributed by atoms with Gasteiger partial charge < -0.3 is 10.4 Å². The lowest BCUT2D eigenvalue weighted by Crippen LogP contribution is -2.11. The SMILES string of the molecule is CC(C)c1ccccc1NC1CC1C(=O)O. The monoisotopic (exact) mass is 219 g/mol. The Bertz CT molecular complexity index is 401. The van der Waals surface area contributed by atoms with Gasteiger partial charge in [0.15, 0.2) is 0 Å². The molecule has 1 aliphatic rings. The zero-order valence-electron chi connectivity index (χ0n) is 9.60. The smallest absolute Gasteiger partial charge is 0.308 e. The van der Waals surface area contributed by atoms with E-state index in [0.717, 1.165) is 12.1 Å². The predicted octanol–water partition coefficient (Wildman–Crippen LogP) is 2.70. The quantitative estimate of drug-likeness (QED) is 0.818. The Balaban J connectivity index is 2.08. The van der Waals surface area contributed by atoms with Crippen LogP contribution >= 0.6 is 0 Å². The van der Waals surface area contributed by atoms with E-state index in [1.54, 1.807) is 0 Å². The van der Waals surface area contributed by atoms with E-state index in [4.69, 9.17) is 5.11 Å². The Morgan fingerprint density at radius 3 is 2.69 bits per heavy atom. The van der Waals surface area contributed by atoms with E-state index in [2.05, 4.69) is 25.2 Å². The molecule has 2 atom stereocenters. The van der Waals surface area contributed by atoms with Crippen LogP contribution in [0.3, 0.4) is 0 Å². The van der Waals surface area contributed by atoms with Crippen LogP contribution in [0.4, 0.5) is 5.69 Å². The lowest BCUT2D eigenvalue weighted by atomic mass is 10.0. The average molecular weight is 219 g/mol. The standard InChI is InChI=1S/C13H17NO2/c1-8(2)9-5-3-4-6-11(9)14-12-7-10(12)13(15)16/h3-6,8,10,12,14H,7H2,1-2H3,(H,15,16). The van der Waals surface area contributed by atoms with Gasteiger partial charge in [-0.05, 0) is 24.0 Å². The number of hydrogen-bond acceptors (Lipinski definition) is 2. The summed E-state index contributed by atoms with van der Waals surface area (Å²) < 4.78 is 0. The van der Waals surface area contributed by atoms with Crippen molar-refractivity contribution in [1.29, 1.82) is 0 Å². The van der Waals surface area contributed by atoms with Crippen molar-refractivity contribution in [2.75, 3.05) is 5.32 Å². The van der Waals surface area contributed by atoms with Crippen molar-refractivity contribution in [2.24, 2.45) is 5.92 Å². The summed E-state index contributed by atoms with van der Waals surface area (Å²) >= 11 is 0. The van der Waals surface area contributed by atoms with Crippen molar-refractivity contribution in [1.82, 2.24) is 0 Å². The number of aliphatic carboxylic acids is 1. The molecular formula is C13H17NO2. The number of nitrogens with one attached hydrogen (secondary N) is 1.